The summed E-state index contributed by atoms with van der Waals surface area (Å²) in [6, 6.07) is 1.83. The number of carbonyl (C=O) groups excluding carboxylic acids is 1. The Hall–Kier alpha value is -2.18. The smallest absolute Gasteiger partial charge is 0.274 e. The Morgan fingerprint density at radius 3 is 2.81 bits per heavy atom. The van der Waals surface area contributed by atoms with E-state index in [2.05, 4.69) is 33.7 Å². The molecule has 7 heteroatoms. The quantitative estimate of drug-likeness (QED) is 0.826. The van der Waals surface area contributed by atoms with Crippen molar-refractivity contribution in [1.82, 2.24) is 29.4 Å². The summed E-state index contributed by atoms with van der Waals surface area (Å²) in [5, 5.41) is 13.0. The Kier molecular flexibility index (Phi) is 4.32. The maximum absolute atomic E-state index is 13.0. The van der Waals surface area contributed by atoms with Crippen molar-refractivity contribution in [3.8, 4) is 0 Å². The normalized spacial score (nSPS) is 21.5. The first-order valence-electron chi connectivity index (χ1n) is 9.73. The van der Waals surface area contributed by atoms with Crippen LogP contribution in [-0.4, -0.2) is 48.4 Å². The zero-order valence-electron chi connectivity index (χ0n) is 15.9. The topological polar surface area (TPSA) is 68.8 Å². The van der Waals surface area contributed by atoms with Crippen LogP contribution in [0.5, 0.6) is 0 Å². The highest BCUT2D eigenvalue weighted by Gasteiger charge is 2.53. The van der Waals surface area contributed by atoms with Crippen LogP contribution in [-0.2, 0) is 13.1 Å². The molecule has 1 saturated carbocycles. The molecule has 2 aliphatic rings. The standard InChI is InChI=1S/C19H28N6O/c1-4-25-9-6-16(22-25)18(26)23-11-15(19(12-23)7-5-8-19)17-21-20-13-24(17)10-14(2)3/h6,9,13-15H,4-5,7-8,10-12H2,1-3H3. The van der Waals surface area contributed by atoms with Crippen molar-refractivity contribution in [2.45, 2.75) is 59.0 Å². The molecule has 3 heterocycles. The van der Waals surface area contributed by atoms with Gasteiger partial charge in [-0.3, -0.25) is 9.48 Å². The Labute approximate surface area is 154 Å². The zero-order valence-corrected chi connectivity index (χ0v) is 15.9. The van der Waals surface area contributed by atoms with Crippen molar-refractivity contribution in [2.75, 3.05) is 13.1 Å². The highest BCUT2D eigenvalue weighted by Crippen LogP contribution is 2.55. The van der Waals surface area contributed by atoms with E-state index in [0.717, 1.165) is 25.5 Å². The Morgan fingerprint density at radius 1 is 1.38 bits per heavy atom. The van der Waals surface area contributed by atoms with Crippen molar-refractivity contribution >= 4 is 5.91 Å². The number of hydrogen-bond acceptors (Lipinski definition) is 4. The predicted octanol–water partition coefficient (Wildman–Crippen LogP) is 2.56. The van der Waals surface area contributed by atoms with Gasteiger partial charge in [-0.25, -0.2) is 0 Å². The van der Waals surface area contributed by atoms with Crippen LogP contribution in [0.15, 0.2) is 18.6 Å². The number of nitrogens with zero attached hydrogens (tertiary/aromatic N) is 6. The molecule has 1 aliphatic heterocycles. The molecule has 2 aromatic heterocycles. The maximum atomic E-state index is 13.0. The lowest BCUT2D eigenvalue weighted by Crippen LogP contribution is -2.38. The number of carbonyl (C=O) groups is 1. The molecule has 1 spiro atoms. The van der Waals surface area contributed by atoms with E-state index in [1.807, 2.05) is 30.4 Å². The minimum absolute atomic E-state index is 0.0425. The summed E-state index contributed by atoms with van der Waals surface area (Å²) in [5.74, 6) is 1.91. The third-order valence-corrected chi connectivity index (χ3v) is 5.99. The van der Waals surface area contributed by atoms with Crippen LogP contribution in [0.4, 0.5) is 0 Å². The second-order valence-electron chi connectivity index (χ2n) is 8.25. The summed E-state index contributed by atoms with van der Waals surface area (Å²) in [6.07, 6.45) is 7.29. The molecular formula is C19H28N6O. The zero-order chi connectivity index (χ0) is 18.3. The van der Waals surface area contributed by atoms with Gasteiger partial charge in [-0.15, -0.1) is 10.2 Å². The average molecular weight is 356 g/mol. The molecule has 0 N–H and O–H groups in total. The summed E-state index contributed by atoms with van der Waals surface area (Å²) in [5.41, 5.74) is 0.718. The summed E-state index contributed by atoms with van der Waals surface area (Å²) < 4.78 is 3.99. The van der Waals surface area contributed by atoms with Gasteiger partial charge in [0.15, 0.2) is 0 Å². The van der Waals surface area contributed by atoms with Crippen LogP contribution in [0.1, 0.15) is 62.3 Å². The van der Waals surface area contributed by atoms with Crippen molar-refractivity contribution in [3.05, 3.63) is 30.1 Å². The highest BCUT2D eigenvalue weighted by atomic mass is 16.2. The lowest BCUT2D eigenvalue weighted by atomic mass is 9.62. The predicted molar refractivity (Wildman–Crippen MR) is 97.7 cm³/mol. The molecule has 2 aromatic rings. The first kappa shape index (κ1) is 17.2. The number of likely N-dealkylation sites (tertiary alicyclic amines) is 1. The first-order valence-corrected chi connectivity index (χ1v) is 9.73. The van der Waals surface area contributed by atoms with Crippen LogP contribution >= 0.6 is 0 Å². The number of hydrogen-bond donors (Lipinski definition) is 0. The average Bonchev–Trinajstić information content (AvgIpc) is 3.30. The minimum Gasteiger partial charge on any atom is -0.336 e. The van der Waals surface area contributed by atoms with Gasteiger partial charge in [-0.05, 0) is 37.2 Å². The molecule has 4 rings (SSSR count). The molecule has 7 nitrogen and oxygen atoms in total. The number of aromatic nitrogens is 5. The molecule has 2 fully saturated rings. The fraction of sp³-hybridized carbons (Fsp3) is 0.684. The van der Waals surface area contributed by atoms with Crippen molar-refractivity contribution < 1.29 is 4.79 Å². The molecule has 0 aromatic carbocycles. The van der Waals surface area contributed by atoms with Crippen molar-refractivity contribution in [3.63, 3.8) is 0 Å². The van der Waals surface area contributed by atoms with Gasteiger partial charge in [0.25, 0.3) is 5.91 Å². The number of aryl methyl sites for hydroxylation is 1. The molecule has 1 aliphatic carbocycles. The largest absolute Gasteiger partial charge is 0.336 e. The summed E-state index contributed by atoms with van der Waals surface area (Å²) in [4.78, 5) is 15.0. The van der Waals surface area contributed by atoms with Gasteiger partial charge < -0.3 is 9.47 Å². The summed E-state index contributed by atoms with van der Waals surface area (Å²) in [6.45, 7) is 9.66. The van der Waals surface area contributed by atoms with E-state index in [1.165, 1.54) is 19.3 Å². The molecule has 1 saturated heterocycles. The SMILES string of the molecule is CCn1ccc(C(=O)N2CC(c3nncn3CC(C)C)C3(CCC3)C2)n1. The fourth-order valence-corrected chi connectivity index (χ4v) is 4.50. The number of rotatable bonds is 5. The third-order valence-electron chi connectivity index (χ3n) is 5.99. The van der Waals surface area contributed by atoms with Gasteiger partial charge in [-0.1, -0.05) is 20.3 Å². The van der Waals surface area contributed by atoms with E-state index < -0.39 is 0 Å². The van der Waals surface area contributed by atoms with E-state index in [0.29, 0.717) is 18.2 Å². The second-order valence-corrected chi connectivity index (χ2v) is 8.25. The molecule has 1 amide bonds. The molecular weight excluding hydrogens is 328 g/mol. The molecule has 140 valence electrons. The monoisotopic (exact) mass is 356 g/mol. The molecule has 1 atom stereocenters. The maximum Gasteiger partial charge on any atom is 0.274 e. The van der Waals surface area contributed by atoms with Crippen LogP contribution < -0.4 is 0 Å². The van der Waals surface area contributed by atoms with Crippen molar-refractivity contribution in [2.24, 2.45) is 11.3 Å². The van der Waals surface area contributed by atoms with Gasteiger partial charge in [0.1, 0.15) is 17.8 Å². The van der Waals surface area contributed by atoms with E-state index in [9.17, 15) is 4.79 Å². The second kappa shape index (κ2) is 6.52. The van der Waals surface area contributed by atoms with Gasteiger partial charge in [0.05, 0.1) is 0 Å². The lowest BCUT2D eigenvalue weighted by molar-refractivity contribution is 0.0717. The summed E-state index contributed by atoms with van der Waals surface area (Å²) >= 11 is 0. The van der Waals surface area contributed by atoms with E-state index in [4.69, 9.17) is 0 Å². The Balaban J connectivity index is 1.58. The molecule has 0 bridgehead atoms. The molecule has 1 unspecified atom stereocenters. The van der Waals surface area contributed by atoms with Crippen LogP contribution in [0.3, 0.4) is 0 Å². The van der Waals surface area contributed by atoms with Gasteiger partial charge in [0.2, 0.25) is 0 Å². The highest BCUT2D eigenvalue weighted by molar-refractivity contribution is 5.92. The minimum atomic E-state index is 0.0425. The fourth-order valence-electron chi connectivity index (χ4n) is 4.50. The van der Waals surface area contributed by atoms with Crippen LogP contribution in [0, 0.1) is 11.3 Å². The molecule has 0 radical (unpaired) electrons. The Bertz CT molecular complexity index is 788. The van der Waals surface area contributed by atoms with Crippen LogP contribution in [0.2, 0.25) is 0 Å². The summed E-state index contributed by atoms with van der Waals surface area (Å²) in [7, 11) is 0. The third kappa shape index (κ3) is 2.83. The Morgan fingerprint density at radius 2 is 2.19 bits per heavy atom. The molecule has 26 heavy (non-hydrogen) atoms. The lowest BCUT2D eigenvalue weighted by Gasteiger charge is -2.42. The van der Waals surface area contributed by atoms with Crippen LogP contribution in [0.25, 0.3) is 0 Å². The van der Waals surface area contributed by atoms with Gasteiger partial charge in [0, 0.05) is 38.3 Å². The van der Waals surface area contributed by atoms with E-state index in [-0.39, 0.29) is 17.2 Å². The van der Waals surface area contributed by atoms with Crippen molar-refractivity contribution in [1.29, 1.82) is 0 Å². The van der Waals surface area contributed by atoms with Gasteiger partial charge >= 0.3 is 0 Å². The number of amides is 1. The van der Waals surface area contributed by atoms with Gasteiger partial charge in [-0.2, -0.15) is 5.10 Å². The van der Waals surface area contributed by atoms with E-state index in [1.54, 1.807) is 4.68 Å². The first-order chi connectivity index (χ1) is 12.5. The van der Waals surface area contributed by atoms with E-state index >= 15 is 0 Å².